The van der Waals surface area contributed by atoms with Crippen LogP contribution < -0.4 is 5.69 Å². The number of piperidine rings is 1. The molecule has 0 aliphatic carbocycles. The molecule has 0 radical (unpaired) electrons. The number of aryl methyl sites for hydroxylation is 1. The molecule has 6 rings (SSSR count). The molecule has 0 spiro atoms. The van der Waals surface area contributed by atoms with E-state index in [-0.39, 0.29) is 17.6 Å². The molecule has 1 N–H and O–H groups in total. The second-order valence-corrected chi connectivity index (χ2v) is 10.8. The van der Waals surface area contributed by atoms with Crippen molar-refractivity contribution in [2.24, 2.45) is 0 Å². The van der Waals surface area contributed by atoms with Gasteiger partial charge in [0.25, 0.3) is 5.91 Å². The Bertz CT molecular complexity index is 1610. The second-order valence-electron chi connectivity index (χ2n) is 8.96. The van der Waals surface area contributed by atoms with E-state index in [1.807, 2.05) is 80.9 Å². The molecule has 188 valence electrons. The van der Waals surface area contributed by atoms with Crippen molar-refractivity contribution in [2.45, 2.75) is 36.7 Å². The molecule has 11 heteroatoms. The molecule has 1 aliphatic rings. The zero-order valence-electron chi connectivity index (χ0n) is 20.2. The Balaban J connectivity index is 1.09. The quantitative estimate of drug-likeness (QED) is 0.325. The first-order chi connectivity index (χ1) is 18.1. The minimum Gasteiger partial charge on any atom is -0.337 e. The van der Waals surface area contributed by atoms with Crippen LogP contribution in [0.5, 0.6) is 0 Å². The van der Waals surface area contributed by atoms with Crippen LogP contribution in [0.1, 0.15) is 40.2 Å². The lowest BCUT2D eigenvalue weighted by atomic mass is 10.0. The van der Waals surface area contributed by atoms with E-state index in [1.54, 1.807) is 11.8 Å². The standard InChI is InChI=1S/C26H25N7O2S2/c1-17-29-30-26(32(17)18-7-3-2-4-8-18)37-16-23-27-21(15-36-23)24(34)31-13-11-19(12-14-31)33-22-10-6-5-9-20(22)28-25(33)35/h2-10,15,19H,11-14,16H2,1H3,(H,28,35). The number of aromatic nitrogens is 6. The average molecular weight is 532 g/mol. The van der Waals surface area contributed by atoms with Crippen LogP contribution in [0, 0.1) is 6.92 Å². The Morgan fingerprint density at radius 3 is 2.65 bits per heavy atom. The van der Waals surface area contributed by atoms with Crippen LogP contribution in [0.4, 0.5) is 0 Å². The first-order valence-electron chi connectivity index (χ1n) is 12.1. The lowest BCUT2D eigenvalue weighted by molar-refractivity contribution is 0.0689. The minimum absolute atomic E-state index is 0.0551. The van der Waals surface area contributed by atoms with Crippen molar-refractivity contribution in [1.29, 1.82) is 0 Å². The third-order valence-corrected chi connectivity index (χ3v) is 8.62. The summed E-state index contributed by atoms with van der Waals surface area (Å²) in [7, 11) is 0. The molecule has 3 aromatic heterocycles. The van der Waals surface area contributed by atoms with Gasteiger partial charge in [0.15, 0.2) is 5.16 Å². The predicted molar refractivity (Wildman–Crippen MR) is 145 cm³/mol. The highest BCUT2D eigenvalue weighted by Gasteiger charge is 2.27. The van der Waals surface area contributed by atoms with Crippen molar-refractivity contribution in [3.63, 3.8) is 0 Å². The van der Waals surface area contributed by atoms with Gasteiger partial charge in [-0.25, -0.2) is 9.78 Å². The average Bonchev–Trinajstić information content (AvgIpc) is 3.64. The van der Waals surface area contributed by atoms with Crippen LogP contribution in [0.15, 0.2) is 69.9 Å². The SMILES string of the molecule is Cc1nnc(SCc2nc(C(=O)N3CCC(n4c(=O)[nH]c5ccccc54)CC3)cs2)n1-c1ccccc1. The summed E-state index contributed by atoms with van der Waals surface area (Å²) in [5, 5.41) is 12.1. The minimum atomic E-state index is -0.0917. The molecule has 1 saturated heterocycles. The Kier molecular flexibility index (Phi) is 6.39. The third-order valence-electron chi connectivity index (χ3n) is 6.65. The number of nitrogens with zero attached hydrogens (tertiary/aromatic N) is 6. The van der Waals surface area contributed by atoms with Crippen LogP contribution in [-0.2, 0) is 5.75 Å². The zero-order valence-corrected chi connectivity index (χ0v) is 21.8. The van der Waals surface area contributed by atoms with Crippen LogP contribution in [0.25, 0.3) is 16.7 Å². The number of amides is 1. The molecule has 0 unspecified atom stereocenters. The van der Waals surface area contributed by atoms with E-state index in [9.17, 15) is 9.59 Å². The molecule has 0 atom stereocenters. The van der Waals surface area contributed by atoms with Crippen molar-refractivity contribution < 1.29 is 4.79 Å². The molecule has 0 saturated carbocycles. The van der Waals surface area contributed by atoms with Gasteiger partial charge in [0.05, 0.1) is 16.8 Å². The van der Waals surface area contributed by atoms with Crippen LogP contribution in [0.3, 0.4) is 0 Å². The van der Waals surface area contributed by atoms with Gasteiger partial charge < -0.3 is 9.88 Å². The molecule has 1 fully saturated rings. The maximum atomic E-state index is 13.2. The summed E-state index contributed by atoms with van der Waals surface area (Å²) in [6.07, 6.45) is 1.46. The number of aromatic amines is 1. The van der Waals surface area contributed by atoms with Crippen molar-refractivity contribution in [1.82, 2.24) is 34.2 Å². The summed E-state index contributed by atoms with van der Waals surface area (Å²) in [6.45, 7) is 3.12. The summed E-state index contributed by atoms with van der Waals surface area (Å²) < 4.78 is 3.86. The fraction of sp³-hybridized carbons (Fsp3) is 0.269. The van der Waals surface area contributed by atoms with E-state index >= 15 is 0 Å². The van der Waals surface area contributed by atoms with Gasteiger partial charge >= 0.3 is 5.69 Å². The van der Waals surface area contributed by atoms with Crippen molar-refractivity contribution in [2.75, 3.05) is 13.1 Å². The van der Waals surface area contributed by atoms with Crippen molar-refractivity contribution in [3.05, 3.63) is 87.0 Å². The highest BCUT2D eigenvalue weighted by atomic mass is 32.2. The Labute approximate surface area is 221 Å². The summed E-state index contributed by atoms with van der Waals surface area (Å²) in [6, 6.07) is 17.8. The Morgan fingerprint density at radius 2 is 1.84 bits per heavy atom. The van der Waals surface area contributed by atoms with Gasteiger partial charge in [-0.1, -0.05) is 42.1 Å². The highest BCUT2D eigenvalue weighted by Crippen LogP contribution is 2.28. The number of benzene rings is 2. The summed E-state index contributed by atoms with van der Waals surface area (Å²) in [5.41, 5.74) is 3.16. The zero-order chi connectivity index (χ0) is 25.4. The molecule has 4 heterocycles. The number of hydrogen-bond acceptors (Lipinski definition) is 7. The number of fused-ring (bicyclic) bond motifs is 1. The molecular weight excluding hydrogens is 506 g/mol. The summed E-state index contributed by atoms with van der Waals surface area (Å²) in [5.74, 6) is 1.37. The predicted octanol–water partition coefficient (Wildman–Crippen LogP) is 4.44. The van der Waals surface area contributed by atoms with E-state index in [4.69, 9.17) is 0 Å². The maximum absolute atomic E-state index is 13.2. The largest absolute Gasteiger partial charge is 0.337 e. The number of thiazole rings is 1. The lowest BCUT2D eigenvalue weighted by Gasteiger charge is -2.32. The molecular formula is C26H25N7O2S2. The van der Waals surface area contributed by atoms with Crippen molar-refractivity contribution >= 4 is 40.0 Å². The number of H-pyrrole nitrogens is 1. The number of nitrogens with one attached hydrogen (secondary N) is 1. The van der Waals surface area contributed by atoms with Crippen LogP contribution in [0.2, 0.25) is 0 Å². The van der Waals surface area contributed by atoms with Crippen LogP contribution in [-0.4, -0.2) is 53.2 Å². The van der Waals surface area contributed by atoms with Gasteiger partial charge in [0, 0.05) is 30.2 Å². The molecule has 2 aromatic carbocycles. The number of para-hydroxylation sites is 3. The van der Waals surface area contributed by atoms with Gasteiger partial charge in [0.2, 0.25) is 0 Å². The molecule has 1 aliphatic heterocycles. The normalized spacial score (nSPS) is 14.5. The van der Waals surface area contributed by atoms with Gasteiger partial charge in [-0.05, 0) is 44.0 Å². The third kappa shape index (κ3) is 4.60. The van der Waals surface area contributed by atoms with Gasteiger partial charge in [0.1, 0.15) is 16.5 Å². The first-order valence-corrected chi connectivity index (χ1v) is 14.0. The number of likely N-dealkylation sites (tertiary alicyclic amines) is 1. The molecule has 9 nitrogen and oxygen atoms in total. The van der Waals surface area contributed by atoms with E-state index in [0.29, 0.717) is 24.5 Å². The second kappa shape index (κ2) is 9.98. The van der Waals surface area contributed by atoms with E-state index < -0.39 is 0 Å². The van der Waals surface area contributed by atoms with Crippen LogP contribution >= 0.6 is 23.1 Å². The molecule has 1 amide bonds. The molecule has 5 aromatic rings. The number of hydrogen-bond donors (Lipinski definition) is 1. The van der Waals surface area contributed by atoms with Gasteiger partial charge in [-0.3, -0.25) is 13.9 Å². The van der Waals surface area contributed by atoms with E-state index in [0.717, 1.165) is 45.6 Å². The number of imidazole rings is 1. The Hall–Kier alpha value is -3.70. The summed E-state index contributed by atoms with van der Waals surface area (Å²) >= 11 is 3.04. The number of carbonyl (C=O) groups is 1. The van der Waals surface area contributed by atoms with Crippen molar-refractivity contribution in [3.8, 4) is 5.69 Å². The number of rotatable bonds is 6. The monoisotopic (exact) mass is 531 g/mol. The first kappa shape index (κ1) is 23.7. The lowest BCUT2D eigenvalue weighted by Crippen LogP contribution is -2.40. The summed E-state index contributed by atoms with van der Waals surface area (Å²) in [4.78, 5) is 35.1. The van der Waals surface area contributed by atoms with Gasteiger partial charge in [-0.2, -0.15) is 0 Å². The number of thioether (sulfide) groups is 1. The maximum Gasteiger partial charge on any atom is 0.326 e. The topological polar surface area (TPSA) is 102 Å². The number of carbonyl (C=O) groups excluding carboxylic acids is 1. The van der Waals surface area contributed by atoms with E-state index in [1.165, 1.54) is 11.3 Å². The Morgan fingerprint density at radius 1 is 1.08 bits per heavy atom. The molecule has 0 bridgehead atoms. The fourth-order valence-electron chi connectivity index (χ4n) is 4.84. The van der Waals surface area contributed by atoms with Gasteiger partial charge in [-0.15, -0.1) is 21.5 Å². The fourth-order valence-corrected chi connectivity index (χ4v) is 6.62. The van der Waals surface area contributed by atoms with E-state index in [2.05, 4.69) is 20.2 Å². The molecule has 37 heavy (non-hydrogen) atoms. The smallest absolute Gasteiger partial charge is 0.326 e. The highest BCUT2D eigenvalue weighted by molar-refractivity contribution is 7.98.